The molecule has 0 spiro atoms. The molecular formula is C28H46O. The lowest BCUT2D eigenvalue weighted by molar-refractivity contribution is 0.204. The average molecular weight is 399 g/mol. The normalized spacial score (nSPS) is 30.7. The molecule has 0 aromatic heterocycles. The zero-order valence-electron chi connectivity index (χ0n) is 19.7. The van der Waals surface area contributed by atoms with E-state index in [1.807, 2.05) is 0 Å². The van der Waals surface area contributed by atoms with Crippen LogP contribution in [0.2, 0.25) is 0 Å². The lowest BCUT2D eigenvalue weighted by atomic mass is 9.88. The fourth-order valence-corrected chi connectivity index (χ4v) is 4.60. The molecule has 0 aromatic rings. The summed E-state index contributed by atoms with van der Waals surface area (Å²) in [5.41, 5.74) is 6.00. The number of hydrogen-bond acceptors (Lipinski definition) is 1. The van der Waals surface area contributed by atoms with Crippen LogP contribution in [-0.4, -0.2) is 6.61 Å². The predicted molar refractivity (Wildman–Crippen MR) is 128 cm³/mol. The second kappa shape index (κ2) is 14.7. The number of rotatable bonds is 1. The molecule has 1 nitrogen and oxygen atoms in total. The minimum Gasteiger partial charge on any atom is -0.498 e. The Balaban J connectivity index is 2.28. The Bertz CT molecular complexity index is 587. The zero-order valence-corrected chi connectivity index (χ0v) is 19.7. The first kappa shape index (κ1) is 24.0. The van der Waals surface area contributed by atoms with Crippen molar-refractivity contribution in [3.05, 3.63) is 46.3 Å². The van der Waals surface area contributed by atoms with Crippen molar-refractivity contribution in [3.63, 3.8) is 0 Å². The van der Waals surface area contributed by atoms with Gasteiger partial charge in [0.2, 0.25) is 0 Å². The molecule has 29 heavy (non-hydrogen) atoms. The van der Waals surface area contributed by atoms with Crippen molar-refractivity contribution < 1.29 is 4.74 Å². The summed E-state index contributed by atoms with van der Waals surface area (Å²) in [5.74, 6) is 1.13. The summed E-state index contributed by atoms with van der Waals surface area (Å²) in [4.78, 5) is 0. The highest BCUT2D eigenvalue weighted by molar-refractivity contribution is 5.45. The molecule has 0 atom stereocenters. The molecule has 0 saturated heterocycles. The molecule has 1 aliphatic carbocycles. The fraction of sp³-hybridized carbons (Fsp3) is 0.714. The summed E-state index contributed by atoms with van der Waals surface area (Å²) in [6, 6.07) is 0. The first-order chi connectivity index (χ1) is 14.2. The van der Waals surface area contributed by atoms with Gasteiger partial charge in [-0.25, -0.2) is 0 Å². The van der Waals surface area contributed by atoms with Crippen molar-refractivity contribution in [1.29, 1.82) is 0 Å². The van der Waals surface area contributed by atoms with Crippen molar-refractivity contribution >= 4 is 0 Å². The highest BCUT2D eigenvalue weighted by Gasteiger charge is 2.13. The van der Waals surface area contributed by atoms with Crippen molar-refractivity contribution in [2.45, 2.75) is 124 Å². The second-order valence-corrected chi connectivity index (χ2v) is 9.14. The first-order valence-corrected chi connectivity index (χ1v) is 12.6. The molecule has 1 aliphatic heterocycles. The number of hydrogen-bond donors (Lipinski definition) is 0. The second-order valence-electron chi connectivity index (χ2n) is 9.14. The van der Waals surface area contributed by atoms with Crippen LogP contribution in [0.4, 0.5) is 0 Å². The van der Waals surface area contributed by atoms with Crippen molar-refractivity contribution in [2.75, 3.05) is 6.61 Å². The molecule has 0 bridgehead atoms. The van der Waals surface area contributed by atoms with Crippen LogP contribution in [0.25, 0.3) is 0 Å². The Kier molecular flexibility index (Phi) is 12.2. The lowest BCUT2D eigenvalue weighted by Gasteiger charge is -2.19. The molecule has 164 valence electrons. The maximum Gasteiger partial charge on any atom is 0.0960 e. The average Bonchev–Trinajstić information content (AvgIpc) is 2.76. The van der Waals surface area contributed by atoms with Gasteiger partial charge in [-0.3, -0.25) is 0 Å². The van der Waals surface area contributed by atoms with E-state index in [1.54, 1.807) is 11.1 Å². The van der Waals surface area contributed by atoms with Crippen molar-refractivity contribution in [1.82, 2.24) is 0 Å². The van der Waals surface area contributed by atoms with E-state index >= 15 is 0 Å². The van der Waals surface area contributed by atoms with Crippen LogP contribution in [0, 0.1) is 0 Å². The molecule has 0 aromatic carbocycles. The molecule has 1 heterocycles. The molecule has 0 radical (unpaired) electrons. The largest absolute Gasteiger partial charge is 0.498 e. The van der Waals surface area contributed by atoms with Gasteiger partial charge in [0.05, 0.1) is 12.4 Å². The number of ether oxygens (including phenoxy) is 1. The Hall–Kier alpha value is -1.24. The maximum absolute atomic E-state index is 6.11. The number of allylic oxidation sites excluding steroid dienone is 8. The van der Waals surface area contributed by atoms with Crippen LogP contribution in [0.5, 0.6) is 0 Å². The minimum absolute atomic E-state index is 0.872. The predicted octanol–water partition coefficient (Wildman–Crippen LogP) is 9.36. The van der Waals surface area contributed by atoms with E-state index in [1.165, 1.54) is 114 Å². The summed E-state index contributed by atoms with van der Waals surface area (Å²) in [5, 5.41) is 0. The van der Waals surface area contributed by atoms with Gasteiger partial charge in [-0.05, 0) is 88.0 Å². The van der Waals surface area contributed by atoms with Crippen LogP contribution in [0.3, 0.4) is 0 Å². The van der Waals surface area contributed by atoms with E-state index in [4.69, 9.17) is 4.74 Å². The van der Waals surface area contributed by atoms with Crippen molar-refractivity contribution in [2.24, 2.45) is 0 Å². The summed E-state index contributed by atoms with van der Waals surface area (Å²) >= 11 is 0. The smallest absolute Gasteiger partial charge is 0.0960 e. The van der Waals surface area contributed by atoms with Gasteiger partial charge < -0.3 is 4.74 Å². The molecule has 2 aliphatic rings. The van der Waals surface area contributed by atoms with E-state index in [9.17, 15) is 0 Å². The Morgan fingerprint density at radius 3 is 1.93 bits per heavy atom. The summed E-state index contributed by atoms with van der Waals surface area (Å²) < 4.78 is 6.11. The maximum atomic E-state index is 6.11. The summed E-state index contributed by atoms with van der Waals surface area (Å²) in [6.45, 7) is 7.63. The zero-order chi connectivity index (χ0) is 20.7. The van der Waals surface area contributed by atoms with Crippen LogP contribution in [0.1, 0.15) is 124 Å². The quantitative estimate of drug-likeness (QED) is 0.427. The van der Waals surface area contributed by atoms with E-state index < -0.39 is 0 Å². The van der Waals surface area contributed by atoms with Gasteiger partial charge in [0.25, 0.3) is 0 Å². The Labute approximate surface area is 181 Å². The van der Waals surface area contributed by atoms with Gasteiger partial charge >= 0.3 is 0 Å². The van der Waals surface area contributed by atoms with Gasteiger partial charge in [-0.1, -0.05) is 76.0 Å². The Morgan fingerprint density at radius 1 is 0.621 bits per heavy atom. The van der Waals surface area contributed by atoms with Gasteiger partial charge in [-0.2, -0.15) is 0 Å². The highest BCUT2D eigenvalue weighted by atomic mass is 16.5. The Morgan fingerprint density at radius 2 is 1.21 bits per heavy atom. The van der Waals surface area contributed by atoms with Crippen LogP contribution in [0.15, 0.2) is 46.3 Å². The third-order valence-corrected chi connectivity index (χ3v) is 6.82. The van der Waals surface area contributed by atoms with E-state index in [0.29, 0.717) is 0 Å². The summed E-state index contributed by atoms with van der Waals surface area (Å²) in [6.07, 6.45) is 28.5. The molecule has 0 saturated carbocycles. The summed E-state index contributed by atoms with van der Waals surface area (Å²) in [7, 11) is 0. The van der Waals surface area contributed by atoms with E-state index in [2.05, 4.69) is 39.0 Å². The molecule has 0 unspecified atom stereocenters. The SMILES string of the molecule is C/C1=C(C)/C(C)=C(/C2=C/C=C\CCCCCCCCC2)CCCCCCCCO1. The van der Waals surface area contributed by atoms with Crippen LogP contribution in [-0.2, 0) is 4.74 Å². The van der Waals surface area contributed by atoms with Gasteiger partial charge in [0.15, 0.2) is 0 Å². The first-order valence-electron chi connectivity index (χ1n) is 12.6. The third kappa shape index (κ3) is 9.41. The van der Waals surface area contributed by atoms with Crippen molar-refractivity contribution in [3.8, 4) is 0 Å². The molecule has 0 amide bonds. The molecular weight excluding hydrogens is 352 g/mol. The lowest BCUT2D eigenvalue weighted by Crippen LogP contribution is -2.01. The van der Waals surface area contributed by atoms with Gasteiger partial charge in [0, 0.05) is 0 Å². The topological polar surface area (TPSA) is 9.23 Å². The third-order valence-electron chi connectivity index (χ3n) is 6.82. The molecule has 0 N–H and O–H groups in total. The standard InChI is InChI=1S/C28H46O/c1-24-25(2)28(22-18-14-10-11-15-19-23-29-26(24)3)27-20-16-12-8-6-4-5-7-9-13-17-21-27/h12,16,20H,4-11,13-15,17-19,21-23H2,1-3H3/b16-12-,26-24-,27-20+,28-25+. The molecule has 0 fully saturated rings. The van der Waals surface area contributed by atoms with E-state index in [-0.39, 0.29) is 0 Å². The fourth-order valence-electron chi connectivity index (χ4n) is 4.60. The molecule has 1 heteroatoms. The van der Waals surface area contributed by atoms with Crippen LogP contribution < -0.4 is 0 Å². The van der Waals surface area contributed by atoms with Crippen LogP contribution >= 0.6 is 0 Å². The monoisotopic (exact) mass is 398 g/mol. The van der Waals surface area contributed by atoms with E-state index in [0.717, 1.165) is 12.4 Å². The van der Waals surface area contributed by atoms with Gasteiger partial charge in [-0.15, -0.1) is 0 Å². The molecule has 2 rings (SSSR count). The minimum atomic E-state index is 0.872. The highest BCUT2D eigenvalue weighted by Crippen LogP contribution is 2.31. The van der Waals surface area contributed by atoms with Gasteiger partial charge in [0.1, 0.15) is 0 Å².